The summed E-state index contributed by atoms with van der Waals surface area (Å²) in [6, 6.07) is 5.07. The molecule has 0 radical (unpaired) electrons. The third-order valence-electron chi connectivity index (χ3n) is 3.52. The minimum absolute atomic E-state index is 0.311. The topological polar surface area (TPSA) is 42.1 Å². The Kier molecular flexibility index (Phi) is 3.88. The highest BCUT2D eigenvalue weighted by Gasteiger charge is 2.16. The molecular formula is C15H20FN3. The molecule has 0 fully saturated rings. The summed E-state index contributed by atoms with van der Waals surface area (Å²) in [6.45, 7) is 5.08. The fourth-order valence-electron chi connectivity index (χ4n) is 2.27. The van der Waals surface area contributed by atoms with Crippen LogP contribution in [0.5, 0.6) is 0 Å². The molecule has 1 atom stereocenters. The molecule has 2 aromatic rings. The van der Waals surface area contributed by atoms with Crippen LogP contribution in [0, 0.1) is 11.7 Å². The number of nitrogens with zero attached hydrogens (tertiary/aromatic N) is 2. The van der Waals surface area contributed by atoms with E-state index in [1.54, 1.807) is 6.20 Å². The molecular weight excluding hydrogens is 241 g/mol. The van der Waals surface area contributed by atoms with Gasteiger partial charge in [-0.25, -0.2) is 4.39 Å². The number of aromatic nitrogens is 1. The third-order valence-corrected chi connectivity index (χ3v) is 3.52. The Morgan fingerprint density at radius 1 is 1.47 bits per heavy atom. The van der Waals surface area contributed by atoms with Crippen molar-refractivity contribution in [3.63, 3.8) is 0 Å². The molecule has 0 saturated carbocycles. The van der Waals surface area contributed by atoms with Gasteiger partial charge in [-0.05, 0) is 24.1 Å². The Balaban J connectivity index is 2.53. The average molecular weight is 261 g/mol. The number of hydrogen-bond donors (Lipinski definition) is 1. The monoisotopic (exact) mass is 261 g/mol. The first-order valence-electron chi connectivity index (χ1n) is 6.58. The number of anilines is 2. The van der Waals surface area contributed by atoms with E-state index in [4.69, 9.17) is 5.73 Å². The number of rotatable bonds is 4. The Bertz CT molecular complexity index is 583. The molecule has 1 aromatic carbocycles. The van der Waals surface area contributed by atoms with E-state index >= 15 is 0 Å². The van der Waals surface area contributed by atoms with Crippen LogP contribution in [-0.2, 0) is 0 Å². The highest BCUT2D eigenvalue weighted by molar-refractivity contribution is 5.98. The maximum atomic E-state index is 14.2. The number of nitrogen functional groups attached to an aromatic ring is 1. The number of nitrogens with two attached hydrogens (primary N) is 1. The maximum Gasteiger partial charge on any atom is 0.150 e. The smallest absolute Gasteiger partial charge is 0.150 e. The van der Waals surface area contributed by atoms with E-state index < -0.39 is 0 Å². The lowest BCUT2D eigenvalue weighted by Crippen LogP contribution is -2.25. The standard InChI is InChI=1S/C15H20FN3/c1-4-10(2)9-19(3)15-12(16)8-13(17)11-6-5-7-18-14(11)15/h5-8,10H,4,9,17H2,1-3H3. The van der Waals surface area contributed by atoms with Crippen LogP contribution in [0.2, 0.25) is 0 Å². The molecule has 4 heteroatoms. The number of fused-ring (bicyclic) bond motifs is 1. The first kappa shape index (κ1) is 13.6. The zero-order valence-electron chi connectivity index (χ0n) is 11.7. The van der Waals surface area contributed by atoms with Crippen molar-refractivity contribution < 1.29 is 4.39 Å². The van der Waals surface area contributed by atoms with Gasteiger partial charge in [-0.3, -0.25) is 4.98 Å². The molecule has 1 heterocycles. The Morgan fingerprint density at radius 2 is 2.21 bits per heavy atom. The second-order valence-electron chi connectivity index (χ2n) is 5.09. The number of halogens is 1. The van der Waals surface area contributed by atoms with Gasteiger partial charge in [0.2, 0.25) is 0 Å². The number of benzene rings is 1. The van der Waals surface area contributed by atoms with Crippen LogP contribution >= 0.6 is 0 Å². The van der Waals surface area contributed by atoms with Crippen molar-refractivity contribution in [2.75, 3.05) is 24.2 Å². The third kappa shape index (κ3) is 2.62. The lowest BCUT2D eigenvalue weighted by molar-refractivity contribution is 0.551. The van der Waals surface area contributed by atoms with Crippen LogP contribution in [0.25, 0.3) is 10.9 Å². The van der Waals surface area contributed by atoms with Crippen molar-refractivity contribution in [3.05, 3.63) is 30.2 Å². The van der Waals surface area contributed by atoms with Crippen LogP contribution in [0.3, 0.4) is 0 Å². The summed E-state index contributed by atoms with van der Waals surface area (Å²) in [5, 5.41) is 0.801. The Morgan fingerprint density at radius 3 is 2.89 bits per heavy atom. The van der Waals surface area contributed by atoms with Gasteiger partial charge >= 0.3 is 0 Å². The van der Waals surface area contributed by atoms with E-state index in [1.807, 2.05) is 24.1 Å². The van der Waals surface area contributed by atoms with Gasteiger partial charge in [-0.1, -0.05) is 20.3 Å². The number of pyridine rings is 1. The lowest BCUT2D eigenvalue weighted by atomic mass is 10.1. The van der Waals surface area contributed by atoms with Gasteiger partial charge in [0.05, 0.1) is 11.2 Å². The highest BCUT2D eigenvalue weighted by atomic mass is 19.1. The molecule has 0 saturated heterocycles. The fraction of sp³-hybridized carbons (Fsp3) is 0.400. The van der Waals surface area contributed by atoms with Gasteiger partial charge in [0, 0.05) is 30.9 Å². The number of hydrogen-bond acceptors (Lipinski definition) is 3. The molecule has 0 amide bonds. The average Bonchev–Trinajstić information content (AvgIpc) is 2.38. The van der Waals surface area contributed by atoms with Gasteiger partial charge in [-0.2, -0.15) is 0 Å². The summed E-state index contributed by atoms with van der Waals surface area (Å²) in [4.78, 5) is 6.22. The Labute approximate surface area is 113 Å². The highest BCUT2D eigenvalue weighted by Crippen LogP contribution is 2.32. The van der Waals surface area contributed by atoms with Crippen LogP contribution < -0.4 is 10.6 Å². The van der Waals surface area contributed by atoms with E-state index in [0.717, 1.165) is 18.4 Å². The maximum absolute atomic E-state index is 14.2. The van der Waals surface area contributed by atoms with Gasteiger partial charge in [0.1, 0.15) is 0 Å². The summed E-state index contributed by atoms with van der Waals surface area (Å²) in [7, 11) is 1.90. The van der Waals surface area contributed by atoms with Crippen LogP contribution in [0.1, 0.15) is 20.3 Å². The summed E-state index contributed by atoms with van der Waals surface area (Å²) in [5.74, 6) is 0.190. The van der Waals surface area contributed by atoms with Crippen LogP contribution in [0.4, 0.5) is 15.8 Å². The second-order valence-corrected chi connectivity index (χ2v) is 5.09. The van der Waals surface area contributed by atoms with Gasteiger partial charge in [0.15, 0.2) is 5.82 Å². The Hall–Kier alpha value is -1.84. The van der Waals surface area contributed by atoms with Crippen molar-refractivity contribution in [1.29, 1.82) is 0 Å². The first-order chi connectivity index (χ1) is 9.04. The van der Waals surface area contributed by atoms with E-state index in [0.29, 0.717) is 22.8 Å². The van der Waals surface area contributed by atoms with Crippen molar-refractivity contribution >= 4 is 22.3 Å². The lowest BCUT2D eigenvalue weighted by Gasteiger charge is -2.24. The summed E-state index contributed by atoms with van der Waals surface area (Å²) < 4.78 is 14.2. The molecule has 2 rings (SSSR count). The molecule has 2 N–H and O–H groups in total. The molecule has 3 nitrogen and oxygen atoms in total. The molecule has 19 heavy (non-hydrogen) atoms. The van der Waals surface area contributed by atoms with E-state index in [9.17, 15) is 4.39 Å². The summed E-state index contributed by atoms with van der Waals surface area (Å²) >= 11 is 0. The van der Waals surface area contributed by atoms with Crippen molar-refractivity contribution in [3.8, 4) is 0 Å². The SMILES string of the molecule is CCC(C)CN(C)c1c(F)cc(N)c2cccnc12. The van der Waals surface area contributed by atoms with Crippen LogP contribution in [-0.4, -0.2) is 18.6 Å². The minimum atomic E-state index is -0.311. The van der Waals surface area contributed by atoms with Gasteiger partial charge < -0.3 is 10.6 Å². The van der Waals surface area contributed by atoms with Crippen molar-refractivity contribution in [2.24, 2.45) is 5.92 Å². The molecule has 0 aliphatic heterocycles. The molecule has 0 aliphatic carbocycles. The quantitative estimate of drug-likeness (QED) is 0.857. The molecule has 0 bridgehead atoms. The zero-order chi connectivity index (χ0) is 14.0. The minimum Gasteiger partial charge on any atom is -0.398 e. The fourth-order valence-corrected chi connectivity index (χ4v) is 2.27. The molecule has 0 spiro atoms. The first-order valence-corrected chi connectivity index (χ1v) is 6.58. The largest absolute Gasteiger partial charge is 0.398 e. The summed E-state index contributed by atoms with van der Waals surface area (Å²) in [6.07, 6.45) is 2.73. The predicted molar refractivity (Wildman–Crippen MR) is 78.8 cm³/mol. The van der Waals surface area contributed by atoms with Crippen LogP contribution in [0.15, 0.2) is 24.4 Å². The normalized spacial score (nSPS) is 12.6. The van der Waals surface area contributed by atoms with E-state index in [2.05, 4.69) is 18.8 Å². The molecule has 1 aromatic heterocycles. The molecule has 102 valence electrons. The second kappa shape index (κ2) is 5.43. The molecule has 0 aliphatic rings. The summed E-state index contributed by atoms with van der Waals surface area (Å²) in [5.41, 5.74) is 7.45. The van der Waals surface area contributed by atoms with Crippen molar-refractivity contribution in [1.82, 2.24) is 4.98 Å². The van der Waals surface area contributed by atoms with Gasteiger partial charge in [-0.15, -0.1) is 0 Å². The zero-order valence-corrected chi connectivity index (χ0v) is 11.7. The van der Waals surface area contributed by atoms with E-state index in [-0.39, 0.29) is 5.82 Å². The predicted octanol–water partition coefficient (Wildman–Crippen LogP) is 3.44. The van der Waals surface area contributed by atoms with E-state index in [1.165, 1.54) is 6.07 Å². The molecule has 1 unspecified atom stereocenters. The van der Waals surface area contributed by atoms with Gasteiger partial charge in [0.25, 0.3) is 0 Å². The van der Waals surface area contributed by atoms with Crippen molar-refractivity contribution in [2.45, 2.75) is 20.3 Å².